The van der Waals surface area contributed by atoms with Gasteiger partial charge in [0.1, 0.15) is 5.60 Å². The topological polar surface area (TPSA) is 84.4 Å². The molecule has 0 saturated carbocycles. The van der Waals surface area contributed by atoms with Gasteiger partial charge in [-0.05, 0) is 46.5 Å². The first-order valence-corrected chi connectivity index (χ1v) is 10.0. The first-order valence-electron chi connectivity index (χ1n) is 10.0. The van der Waals surface area contributed by atoms with Crippen LogP contribution in [0.1, 0.15) is 46.5 Å². The lowest BCUT2D eigenvalue weighted by Crippen LogP contribution is -2.44. The van der Waals surface area contributed by atoms with Crippen LogP contribution in [-0.2, 0) is 14.2 Å². The summed E-state index contributed by atoms with van der Waals surface area (Å²) in [5.74, 6) is 0.870. The van der Waals surface area contributed by atoms with E-state index in [0.717, 1.165) is 71.1 Å². The van der Waals surface area contributed by atoms with E-state index in [1.807, 2.05) is 20.8 Å². The second-order valence-electron chi connectivity index (χ2n) is 8.09. The maximum atomic E-state index is 11.9. The lowest BCUT2D eigenvalue weighted by atomic mass is 10.1. The molecule has 2 fully saturated rings. The van der Waals surface area contributed by atoms with Gasteiger partial charge >= 0.3 is 6.09 Å². The second-order valence-corrected chi connectivity index (χ2v) is 8.09. The highest BCUT2D eigenvalue weighted by molar-refractivity contribution is 14.0. The minimum atomic E-state index is -0.479. The van der Waals surface area contributed by atoms with Crippen LogP contribution in [-0.4, -0.2) is 81.2 Å². The number of rotatable bonds is 6. The molecule has 1 unspecified atom stereocenters. The van der Waals surface area contributed by atoms with Crippen molar-refractivity contribution in [3.63, 3.8) is 0 Å². The van der Waals surface area contributed by atoms with Crippen molar-refractivity contribution in [2.24, 2.45) is 4.99 Å². The molecule has 0 bridgehead atoms. The quantitative estimate of drug-likeness (QED) is 0.246. The predicted molar refractivity (Wildman–Crippen MR) is 121 cm³/mol. The molecule has 2 aliphatic heterocycles. The van der Waals surface area contributed by atoms with Crippen LogP contribution >= 0.6 is 24.0 Å². The largest absolute Gasteiger partial charge is 0.444 e. The van der Waals surface area contributed by atoms with Crippen LogP contribution in [0.25, 0.3) is 0 Å². The monoisotopic (exact) mass is 512 g/mol. The molecule has 0 aliphatic carbocycles. The van der Waals surface area contributed by atoms with Crippen molar-refractivity contribution in [1.82, 2.24) is 15.5 Å². The summed E-state index contributed by atoms with van der Waals surface area (Å²) in [6.07, 6.45) is 3.79. The number of ether oxygens (including phenoxy) is 3. The molecule has 28 heavy (non-hydrogen) atoms. The van der Waals surface area contributed by atoms with E-state index in [2.05, 4.69) is 20.5 Å². The molecule has 1 atom stereocenters. The molecule has 0 aromatic heterocycles. The van der Waals surface area contributed by atoms with Gasteiger partial charge in [-0.3, -0.25) is 4.99 Å². The van der Waals surface area contributed by atoms with Crippen LogP contribution in [0, 0.1) is 0 Å². The van der Waals surface area contributed by atoms with Crippen molar-refractivity contribution in [1.29, 1.82) is 0 Å². The van der Waals surface area contributed by atoms with Gasteiger partial charge < -0.3 is 29.7 Å². The number of hydrogen-bond donors (Lipinski definition) is 2. The number of aliphatic imine (C=N–C) groups is 1. The van der Waals surface area contributed by atoms with Crippen LogP contribution in [0.5, 0.6) is 0 Å². The van der Waals surface area contributed by atoms with Gasteiger partial charge in [-0.1, -0.05) is 0 Å². The highest BCUT2D eigenvalue weighted by Gasteiger charge is 2.27. The van der Waals surface area contributed by atoms with Crippen molar-refractivity contribution in [2.45, 2.75) is 64.2 Å². The molecule has 0 radical (unpaired) electrons. The van der Waals surface area contributed by atoms with Gasteiger partial charge in [0.2, 0.25) is 0 Å². The number of nitrogens with one attached hydrogen (secondary N) is 2. The Balaban J connectivity index is 0.00000392. The number of alkyl carbamates (subject to hydrolysis) is 1. The zero-order valence-electron chi connectivity index (χ0n) is 17.7. The highest BCUT2D eigenvalue weighted by atomic mass is 127. The summed E-state index contributed by atoms with van der Waals surface area (Å²) >= 11 is 0. The Morgan fingerprint density at radius 2 is 1.96 bits per heavy atom. The Morgan fingerprint density at radius 3 is 2.61 bits per heavy atom. The highest BCUT2D eigenvalue weighted by Crippen LogP contribution is 2.12. The van der Waals surface area contributed by atoms with E-state index >= 15 is 0 Å². The summed E-state index contributed by atoms with van der Waals surface area (Å²) in [4.78, 5) is 18.4. The Labute approximate surface area is 186 Å². The Bertz CT molecular complexity index is 493. The number of guanidine groups is 1. The lowest BCUT2D eigenvalue weighted by Gasteiger charge is -2.24. The van der Waals surface area contributed by atoms with Crippen molar-refractivity contribution < 1.29 is 19.0 Å². The van der Waals surface area contributed by atoms with Crippen molar-refractivity contribution in [3.8, 4) is 0 Å². The second kappa shape index (κ2) is 12.7. The number of carbonyl (C=O) groups is 1. The molecule has 0 spiro atoms. The summed E-state index contributed by atoms with van der Waals surface area (Å²) < 4.78 is 16.6. The lowest BCUT2D eigenvalue weighted by molar-refractivity contribution is -0.0320. The number of halogens is 1. The van der Waals surface area contributed by atoms with E-state index in [1.54, 1.807) is 7.05 Å². The number of likely N-dealkylation sites (tertiary alicyclic amines) is 1. The average Bonchev–Trinajstić information content (AvgIpc) is 3.05. The van der Waals surface area contributed by atoms with Crippen LogP contribution in [0.3, 0.4) is 0 Å². The van der Waals surface area contributed by atoms with Gasteiger partial charge in [-0.25, -0.2) is 4.79 Å². The SMILES string of the molecule is CN=C(NCCCOC1CCOCC1)N1CCC(NC(=O)OC(C)(C)C)C1.I. The van der Waals surface area contributed by atoms with Crippen LogP contribution in [0.2, 0.25) is 0 Å². The van der Waals surface area contributed by atoms with Crippen LogP contribution in [0.4, 0.5) is 4.79 Å². The number of nitrogens with zero attached hydrogens (tertiary/aromatic N) is 2. The molecule has 2 saturated heterocycles. The van der Waals surface area contributed by atoms with Crippen LogP contribution < -0.4 is 10.6 Å². The molecular formula is C19H37IN4O4. The predicted octanol–water partition coefficient (Wildman–Crippen LogP) is 2.36. The maximum absolute atomic E-state index is 11.9. The summed E-state index contributed by atoms with van der Waals surface area (Å²) in [5.41, 5.74) is -0.479. The minimum Gasteiger partial charge on any atom is -0.444 e. The average molecular weight is 512 g/mol. The van der Waals surface area contributed by atoms with E-state index in [1.165, 1.54) is 0 Å². The fraction of sp³-hybridized carbons (Fsp3) is 0.895. The number of hydrogen-bond acceptors (Lipinski definition) is 5. The molecule has 2 N–H and O–H groups in total. The molecule has 8 nitrogen and oxygen atoms in total. The molecule has 164 valence electrons. The van der Waals surface area contributed by atoms with E-state index in [4.69, 9.17) is 14.2 Å². The van der Waals surface area contributed by atoms with E-state index in [-0.39, 0.29) is 36.1 Å². The minimum absolute atomic E-state index is 0. The van der Waals surface area contributed by atoms with E-state index < -0.39 is 5.60 Å². The Morgan fingerprint density at radius 1 is 1.25 bits per heavy atom. The van der Waals surface area contributed by atoms with E-state index in [0.29, 0.717) is 6.10 Å². The molecule has 1 amide bonds. The summed E-state index contributed by atoms with van der Waals surface area (Å²) in [6, 6.07) is 0.0789. The standard InChI is InChI=1S/C19H36N4O4.HI/c1-19(2,3)27-18(24)22-15-6-10-23(14-15)17(20-4)21-9-5-11-26-16-7-12-25-13-8-16;/h15-16H,5-14H2,1-4H3,(H,20,21)(H,22,24);1H. The molecular weight excluding hydrogens is 475 g/mol. The van der Waals surface area contributed by atoms with Gasteiger partial charge in [0.05, 0.1) is 12.1 Å². The normalized spacial score (nSPS) is 21.2. The third kappa shape index (κ3) is 9.60. The molecule has 2 rings (SSSR count). The zero-order chi connectivity index (χ0) is 19.7. The third-order valence-electron chi connectivity index (χ3n) is 4.55. The molecule has 0 aromatic rings. The number of amides is 1. The van der Waals surface area contributed by atoms with Gasteiger partial charge in [-0.15, -0.1) is 24.0 Å². The van der Waals surface area contributed by atoms with Crippen molar-refractivity contribution in [3.05, 3.63) is 0 Å². The summed E-state index contributed by atoms with van der Waals surface area (Å²) in [6.45, 7) is 10.4. The van der Waals surface area contributed by atoms with Gasteiger partial charge in [0, 0.05) is 46.5 Å². The zero-order valence-corrected chi connectivity index (χ0v) is 20.0. The molecule has 9 heteroatoms. The maximum Gasteiger partial charge on any atom is 0.407 e. The first-order chi connectivity index (χ1) is 12.9. The molecule has 2 heterocycles. The fourth-order valence-electron chi connectivity index (χ4n) is 3.24. The first kappa shape index (κ1) is 25.2. The summed E-state index contributed by atoms with van der Waals surface area (Å²) in [5, 5.41) is 6.33. The Kier molecular flexibility index (Phi) is 11.4. The molecule has 0 aromatic carbocycles. The van der Waals surface area contributed by atoms with E-state index in [9.17, 15) is 4.79 Å². The van der Waals surface area contributed by atoms with Crippen molar-refractivity contribution >= 4 is 36.0 Å². The molecule has 2 aliphatic rings. The third-order valence-corrected chi connectivity index (χ3v) is 4.55. The smallest absolute Gasteiger partial charge is 0.407 e. The van der Waals surface area contributed by atoms with Gasteiger partial charge in [0.15, 0.2) is 5.96 Å². The van der Waals surface area contributed by atoms with Crippen LogP contribution in [0.15, 0.2) is 4.99 Å². The summed E-state index contributed by atoms with van der Waals surface area (Å²) in [7, 11) is 1.79. The Hall–Kier alpha value is -0.810. The van der Waals surface area contributed by atoms with Gasteiger partial charge in [-0.2, -0.15) is 0 Å². The fourth-order valence-corrected chi connectivity index (χ4v) is 3.24. The van der Waals surface area contributed by atoms with Crippen molar-refractivity contribution in [2.75, 3.05) is 46.5 Å². The van der Waals surface area contributed by atoms with Gasteiger partial charge in [0.25, 0.3) is 0 Å². The number of carbonyl (C=O) groups excluding carboxylic acids is 1.